The Morgan fingerprint density at radius 1 is 1.28 bits per heavy atom. The van der Waals surface area contributed by atoms with Crippen molar-refractivity contribution < 1.29 is 14.3 Å². The largest absolute Gasteiger partial charge is 0.480 e. The fraction of sp³-hybridized carbons (Fsp3) is 0.0833. The Kier molecular flexibility index (Phi) is 3.18. The van der Waals surface area contributed by atoms with Crippen LogP contribution in [0.2, 0.25) is 0 Å². The zero-order valence-corrected chi connectivity index (χ0v) is 9.21. The van der Waals surface area contributed by atoms with E-state index in [0.29, 0.717) is 0 Å². The van der Waals surface area contributed by atoms with Crippen LogP contribution in [-0.4, -0.2) is 20.9 Å². The molecular formula is C12H9FN2O3. The molecule has 5 nitrogen and oxygen atoms in total. The van der Waals surface area contributed by atoms with Crippen molar-refractivity contribution in [1.29, 1.82) is 0 Å². The van der Waals surface area contributed by atoms with Gasteiger partial charge < -0.3 is 5.11 Å². The lowest BCUT2D eigenvalue weighted by Gasteiger charge is -2.05. The van der Waals surface area contributed by atoms with E-state index in [1.807, 2.05) is 0 Å². The maximum absolute atomic E-state index is 13.5. The van der Waals surface area contributed by atoms with E-state index in [2.05, 4.69) is 5.10 Å². The molecule has 0 spiro atoms. The van der Waals surface area contributed by atoms with E-state index >= 15 is 0 Å². The molecule has 0 saturated carbocycles. The molecule has 0 aliphatic rings. The number of hydrogen-bond donors (Lipinski definition) is 1. The summed E-state index contributed by atoms with van der Waals surface area (Å²) in [6.07, 6.45) is 0. The van der Waals surface area contributed by atoms with E-state index in [9.17, 15) is 14.0 Å². The number of carbonyl (C=O) groups is 1. The van der Waals surface area contributed by atoms with Gasteiger partial charge in [0.15, 0.2) is 0 Å². The predicted molar refractivity (Wildman–Crippen MR) is 61.5 cm³/mol. The summed E-state index contributed by atoms with van der Waals surface area (Å²) in [6, 6.07) is 8.46. The topological polar surface area (TPSA) is 72.2 Å². The van der Waals surface area contributed by atoms with Gasteiger partial charge in [-0.3, -0.25) is 9.59 Å². The predicted octanol–water partition coefficient (Wildman–Crippen LogP) is 1.13. The average molecular weight is 248 g/mol. The summed E-state index contributed by atoms with van der Waals surface area (Å²) in [4.78, 5) is 21.9. The van der Waals surface area contributed by atoms with Crippen LogP contribution >= 0.6 is 0 Å². The molecule has 0 unspecified atom stereocenters. The van der Waals surface area contributed by atoms with Gasteiger partial charge in [-0.05, 0) is 18.2 Å². The molecular weight excluding hydrogens is 239 g/mol. The number of aliphatic carboxylic acids is 1. The summed E-state index contributed by atoms with van der Waals surface area (Å²) in [7, 11) is 0. The third kappa shape index (κ3) is 2.42. The summed E-state index contributed by atoms with van der Waals surface area (Å²) >= 11 is 0. The normalized spacial score (nSPS) is 10.3. The molecule has 0 fully saturated rings. The minimum atomic E-state index is -1.18. The Hall–Kier alpha value is -2.50. The number of halogens is 1. The Morgan fingerprint density at radius 3 is 2.67 bits per heavy atom. The first-order valence-electron chi connectivity index (χ1n) is 5.13. The van der Waals surface area contributed by atoms with Gasteiger partial charge >= 0.3 is 5.97 Å². The number of nitrogens with zero attached hydrogens (tertiary/aromatic N) is 2. The molecule has 1 heterocycles. The van der Waals surface area contributed by atoms with Crippen molar-refractivity contribution in [2.45, 2.75) is 6.54 Å². The molecule has 0 saturated heterocycles. The lowest BCUT2D eigenvalue weighted by Crippen LogP contribution is -2.26. The van der Waals surface area contributed by atoms with Gasteiger partial charge in [0.2, 0.25) is 0 Å². The summed E-state index contributed by atoms with van der Waals surface area (Å²) < 4.78 is 14.3. The Bertz CT molecular complexity index is 652. The average Bonchev–Trinajstić information content (AvgIpc) is 2.32. The first-order valence-corrected chi connectivity index (χ1v) is 5.13. The number of hydrogen-bond acceptors (Lipinski definition) is 3. The first-order chi connectivity index (χ1) is 8.58. The zero-order chi connectivity index (χ0) is 13.1. The Balaban J connectivity index is 2.51. The third-order valence-electron chi connectivity index (χ3n) is 2.30. The molecule has 0 amide bonds. The van der Waals surface area contributed by atoms with Gasteiger partial charge in [0.1, 0.15) is 12.4 Å². The van der Waals surface area contributed by atoms with Crippen molar-refractivity contribution in [3.63, 3.8) is 0 Å². The lowest BCUT2D eigenvalue weighted by molar-refractivity contribution is -0.138. The molecule has 18 heavy (non-hydrogen) atoms. The summed E-state index contributed by atoms with van der Waals surface area (Å²) in [5, 5.41) is 12.5. The van der Waals surface area contributed by atoms with Crippen LogP contribution in [0.5, 0.6) is 0 Å². The zero-order valence-electron chi connectivity index (χ0n) is 9.21. The van der Waals surface area contributed by atoms with Crippen LogP contribution in [0.3, 0.4) is 0 Å². The molecule has 1 aromatic carbocycles. The maximum atomic E-state index is 13.5. The van der Waals surface area contributed by atoms with Gasteiger partial charge in [0.05, 0.1) is 5.69 Å². The molecule has 2 aromatic rings. The second-order valence-electron chi connectivity index (χ2n) is 3.59. The van der Waals surface area contributed by atoms with Gasteiger partial charge in [-0.25, -0.2) is 9.07 Å². The van der Waals surface area contributed by atoms with Crippen molar-refractivity contribution >= 4 is 5.97 Å². The van der Waals surface area contributed by atoms with Crippen LogP contribution in [0, 0.1) is 5.82 Å². The fourth-order valence-electron chi connectivity index (χ4n) is 1.50. The molecule has 1 N–H and O–H groups in total. The second kappa shape index (κ2) is 4.79. The smallest absolute Gasteiger partial charge is 0.325 e. The molecule has 0 bridgehead atoms. The highest BCUT2D eigenvalue weighted by atomic mass is 19.1. The quantitative estimate of drug-likeness (QED) is 0.883. The Morgan fingerprint density at radius 2 is 2.00 bits per heavy atom. The van der Waals surface area contributed by atoms with Crippen LogP contribution < -0.4 is 5.56 Å². The van der Waals surface area contributed by atoms with E-state index in [0.717, 1.165) is 10.7 Å². The lowest BCUT2D eigenvalue weighted by atomic mass is 10.1. The molecule has 0 radical (unpaired) electrons. The van der Waals surface area contributed by atoms with Crippen LogP contribution in [0.1, 0.15) is 0 Å². The number of aromatic nitrogens is 2. The SMILES string of the molecule is O=C(O)Cn1nc(-c2ccccc2F)ccc1=O. The molecule has 6 heteroatoms. The summed E-state index contributed by atoms with van der Waals surface area (Å²) in [5.41, 5.74) is -0.108. The van der Waals surface area contributed by atoms with Crippen molar-refractivity contribution in [2.24, 2.45) is 0 Å². The second-order valence-corrected chi connectivity index (χ2v) is 3.59. The van der Waals surface area contributed by atoms with E-state index in [-0.39, 0.29) is 11.3 Å². The first kappa shape index (κ1) is 12.0. The molecule has 92 valence electrons. The van der Waals surface area contributed by atoms with E-state index in [1.165, 1.54) is 24.3 Å². The van der Waals surface area contributed by atoms with Crippen LogP contribution in [0.25, 0.3) is 11.3 Å². The maximum Gasteiger partial charge on any atom is 0.325 e. The van der Waals surface area contributed by atoms with E-state index < -0.39 is 23.9 Å². The highest BCUT2D eigenvalue weighted by Gasteiger charge is 2.09. The van der Waals surface area contributed by atoms with Gasteiger partial charge in [0.25, 0.3) is 5.56 Å². The van der Waals surface area contributed by atoms with Gasteiger partial charge in [-0.1, -0.05) is 12.1 Å². The third-order valence-corrected chi connectivity index (χ3v) is 2.30. The van der Waals surface area contributed by atoms with Crippen molar-refractivity contribution in [1.82, 2.24) is 9.78 Å². The number of carboxylic acid groups (broad SMARTS) is 1. The summed E-state index contributed by atoms with van der Waals surface area (Å²) in [5.74, 6) is -1.67. The van der Waals surface area contributed by atoms with Crippen LogP contribution in [0.4, 0.5) is 4.39 Å². The van der Waals surface area contributed by atoms with Gasteiger partial charge in [-0.2, -0.15) is 5.10 Å². The number of rotatable bonds is 3. The standard InChI is InChI=1S/C12H9FN2O3/c13-9-4-2-1-3-8(9)10-5-6-11(16)15(14-10)7-12(17)18/h1-6H,7H2,(H,17,18). The van der Waals surface area contributed by atoms with Crippen LogP contribution in [-0.2, 0) is 11.3 Å². The Labute approximate surface area is 101 Å². The van der Waals surface area contributed by atoms with Crippen molar-refractivity contribution in [3.05, 3.63) is 52.6 Å². The summed E-state index contributed by atoms with van der Waals surface area (Å²) in [6.45, 7) is -0.554. The highest BCUT2D eigenvalue weighted by Crippen LogP contribution is 2.18. The van der Waals surface area contributed by atoms with E-state index in [4.69, 9.17) is 5.11 Å². The van der Waals surface area contributed by atoms with Gasteiger partial charge in [0, 0.05) is 11.6 Å². The minimum absolute atomic E-state index is 0.217. The molecule has 0 aliphatic heterocycles. The minimum Gasteiger partial charge on any atom is -0.480 e. The molecule has 2 rings (SSSR count). The van der Waals surface area contributed by atoms with E-state index in [1.54, 1.807) is 6.07 Å². The number of carboxylic acids is 1. The monoisotopic (exact) mass is 248 g/mol. The fourth-order valence-corrected chi connectivity index (χ4v) is 1.50. The molecule has 0 atom stereocenters. The molecule has 1 aromatic heterocycles. The number of benzene rings is 1. The molecule has 0 aliphatic carbocycles. The van der Waals surface area contributed by atoms with Crippen LogP contribution in [0.15, 0.2) is 41.2 Å². The van der Waals surface area contributed by atoms with Gasteiger partial charge in [-0.15, -0.1) is 0 Å². The van der Waals surface area contributed by atoms with Crippen molar-refractivity contribution in [3.8, 4) is 11.3 Å². The van der Waals surface area contributed by atoms with Crippen molar-refractivity contribution in [2.75, 3.05) is 0 Å². The highest BCUT2D eigenvalue weighted by molar-refractivity contribution is 5.66.